The summed E-state index contributed by atoms with van der Waals surface area (Å²) in [5, 5.41) is 4.80. The van der Waals surface area contributed by atoms with E-state index in [0.29, 0.717) is 39.1 Å². The minimum atomic E-state index is -3.62. The summed E-state index contributed by atoms with van der Waals surface area (Å²) in [5.41, 5.74) is 0. The molecule has 2 aromatic rings. The molecule has 0 unspecified atom stereocenters. The largest absolute Gasteiger partial charge is 0.382 e. The first kappa shape index (κ1) is 20.8. The number of hydrogen-bond donors (Lipinski definition) is 1. The molecule has 1 atom stereocenters. The van der Waals surface area contributed by atoms with E-state index in [1.165, 1.54) is 4.31 Å². The summed E-state index contributed by atoms with van der Waals surface area (Å²) in [4.78, 5) is 12.7. The number of fused-ring (bicyclic) bond motifs is 1. The maximum atomic E-state index is 13.1. The Morgan fingerprint density at radius 1 is 1.21 bits per heavy atom. The molecule has 0 aliphatic carbocycles. The number of hydrogen-bond acceptors (Lipinski definition) is 4. The second-order valence-electron chi connectivity index (χ2n) is 7.05. The predicted molar refractivity (Wildman–Crippen MR) is 110 cm³/mol. The van der Waals surface area contributed by atoms with Crippen LogP contribution >= 0.6 is 0 Å². The number of sulfonamides is 1. The zero-order valence-corrected chi connectivity index (χ0v) is 17.1. The van der Waals surface area contributed by atoms with E-state index in [2.05, 4.69) is 5.32 Å². The number of ether oxygens (including phenoxy) is 1. The van der Waals surface area contributed by atoms with Crippen LogP contribution in [0.1, 0.15) is 26.2 Å². The van der Waals surface area contributed by atoms with Gasteiger partial charge in [-0.25, -0.2) is 8.42 Å². The van der Waals surface area contributed by atoms with Gasteiger partial charge in [0.05, 0.1) is 10.8 Å². The van der Waals surface area contributed by atoms with Gasteiger partial charge < -0.3 is 10.1 Å². The molecule has 0 saturated carbocycles. The lowest BCUT2D eigenvalue weighted by atomic mass is 9.99. The average Bonchev–Trinajstić information content (AvgIpc) is 2.73. The van der Waals surface area contributed by atoms with Crippen LogP contribution in [0.15, 0.2) is 47.4 Å². The Bertz CT molecular complexity index is 914. The molecule has 1 amide bonds. The molecule has 0 bridgehead atoms. The molecule has 1 aliphatic heterocycles. The Morgan fingerprint density at radius 3 is 2.79 bits per heavy atom. The van der Waals surface area contributed by atoms with Crippen LogP contribution in [0, 0.1) is 5.92 Å². The number of piperidine rings is 1. The smallest absolute Gasteiger partial charge is 0.243 e. The Morgan fingerprint density at radius 2 is 2.00 bits per heavy atom. The zero-order valence-electron chi connectivity index (χ0n) is 16.3. The van der Waals surface area contributed by atoms with Crippen molar-refractivity contribution >= 4 is 26.7 Å². The zero-order chi connectivity index (χ0) is 20.0. The average molecular weight is 405 g/mol. The second-order valence-corrected chi connectivity index (χ2v) is 8.99. The predicted octanol–water partition coefficient (Wildman–Crippen LogP) is 2.78. The molecular weight excluding hydrogens is 376 g/mol. The van der Waals surface area contributed by atoms with Crippen molar-refractivity contribution < 1.29 is 17.9 Å². The third-order valence-corrected chi connectivity index (χ3v) is 6.94. The first-order valence-corrected chi connectivity index (χ1v) is 11.3. The first-order chi connectivity index (χ1) is 13.5. The van der Waals surface area contributed by atoms with E-state index < -0.39 is 10.0 Å². The van der Waals surface area contributed by atoms with Gasteiger partial charge in [-0.1, -0.05) is 30.3 Å². The van der Waals surface area contributed by atoms with E-state index in [4.69, 9.17) is 4.74 Å². The number of amides is 1. The third kappa shape index (κ3) is 4.90. The molecule has 1 N–H and O–H groups in total. The molecule has 2 aromatic carbocycles. The summed E-state index contributed by atoms with van der Waals surface area (Å²) < 4.78 is 32.9. The minimum Gasteiger partial charge on any atom is -0.382 e. The molecule has 0 aromatic heterocycles. The van der Waals surface area contributed by atoms with Crippen molar-refractivity contribution in [1.82, 2.24) is 9.62 Å². The highest BCUT2D eigenvalue weighted by molar-refractivity contribution is 7.89. The molecule has 1 fully saturated rings. The molecule has 7 heteroatoms. The van der Waals surface area contributed by atoms with Crippen LogP contribution < -0.4 is 5.32 Å². The van der Waals surface area contributed by atoms with Crippen LogP contribution in [0.3, 0.4) is 0 Å². The Hall–Kier alpha value is -1.96. The topological polar surface area (TPSA) is 75.7 Å². The van der Waals surface area contributed by atoms with Crippen molar-refractivity contribution in [3.05, 3.63) is 42.5 Å². The summed E-state index contributed by atoms with van der Waals surface area (Å²) in [7, 11) is -3.62. The molecule has 3 rings (SSSR count). The van der Waals surface area contributed by atoms with Gasteiger partial charge in [0.2, 0.25) is 15.9 Å². The highest BCUT2D eigenvalue weighted by Gasteiger charge is 2.33. The number of carbonyl (C=O) groups excluding carboxylic acids is 1. The maximum absolute atomic E-state index is 13.1. The fraction of sp³-hybridized carbons (Fsp3) is 0.476. The van der Waals surface area contributed by atoms with Gasteiger partial charge in [-0.2, -0.15) is 4.31 Å². The van der Waals surface area contributed by atoms with E-state index in [1.54, 1.807) is 12.1 Å². The highest BCUT2D eigenvalue weighted by atomic mass is 32.2. The van der Waals surface area contributed by atoms with E-state index >= 15 is 0 Å². The maximum Gasteiger partial charge on any atom is 0.243 e. The Labute approximate surface area is 166 Å². The summed E-state index contributed by atoms with van der Waals surface area (Å²) in [5.74, 6) is -0.383. The quantitative estimate of drug-likeness (QED) is 0.687. The SMILES string of the molecule is CCOCCCNC(=O)[C@@H]1CCCN(S(=O)(=O)c2ccc3ccccc3c2)C1. The summed E-state index contributed by atoms with van der Waals surface area (Å²) >= 11 is 0. The fourth-order valence-corrected chi connectivity index (χ4v) is 5.09. The van der Waals surface area contributed by atoms with Crippen molar-refractivity contribution in [3.8, 4) is 0 Å². The fourth-order valence-electron chi connectivity index (χ4n) is 3.53. The van der Waals surface area contributed by atoms with E-state index in [1.807, 2.05) is 37.3 Å². The van der Waals surface area contributed by atoms with Crippen molar-refractivity contribution in [1.29, 1.82) is 0 Å². The molecule has 1 aliphatic rings. The lowest BCUT2D eigenvalue weighted by molar-refractivity contribution is -0.126. The number of carbonyl (C=O) groups is 1. The van der Waals surface area contributed by atoms with Crippen molar-refractivity contribution in [2.45, 2.75) is 31.1 Å². The van der Waals surface area contributed by atoms with Crippen LogP contribution in [-0.2, 0) is 19.6 Å². The summed E-state index contributed by atoms with van der Waals surface area (Å²) in [6.45, 7) is 4.44. The van der Waals surface area contributed by atoms with E-state index in [-0.39, 0.29) is 23.3 Å². The van der Waals surface area contributed by atoms with Crippen molar-refractivity contribution in [2.24, 2.45) is 5.92 Å². The Balaban J connectivity index is 1.65. The van der Waals surface area contributed by atoms with E-state index in [9.17, 15) is 13.2 Å². The van der Waals surface area contributed by atoms with Gasteiger partial charge in [0.1, 0.15) is 0 Å². The van der Waals surface area contributed by atoms with Crippen molar-refractivity contribution in [3.63, 3.8) is 0 Å². The van der Waals surface area contributed by atoms with Gasteiger partial charge >= 0.3 is 0 Å². The molecule has 6 nitrogen and oxygen atoms in total. The van der Waals surface area contributed by atoms with Gasteiger partial charge in [-0.15, -0.1) is 0 Å². The Kier molecular flexibility index (Phi) is 7.04. The lowest BCUT2D eigenvalue weighted by Crippen LogP contribution is -2.45. The minimum absolute atomic E-state index is 0.0742. The monoisotopic (exact) mass is 404 g/mol. The van der Waals surface area contributed by atoms with Crippen LogP contribution in [0.25, 0.3) is 10.8 Å². The van der Waals surface area contributed by atoms with Gasteiger partial charge in [-0.05, 0) is 49.1 Å². The van der Waals surface area contributed by atoms with Gasteiger partial charge in [0.15, 0.2) is 0 Å². The van der Waals surface area contributed by atoms with Crippen LogP contribution in [0.5, 0.6) is 0 Å². The van der Waals surface area contributed by atoms with Gasteiger partial charge in [0.25, 0.3) is 0 Å². The third-order valence-electron chi connectivity index (χ3n) is 5.08. The van der Waals surface area contributed by atoms with Crippen LogP contribution in [-0.4, -0.2) is 51.5 Å². The molecule has 0 radical (unpaired) electrons. The van der Waals surface area contributed by atoms with E-state index in [0.717, 1.165) is 17.2 Å². The lowest BCUT2D eigenvalue weighted by Gasteiger charge is -2.31. The standard InChI is InChI=1S/C21H28N2O4S/c1-2-27-14-6-12-22-21(24)19-9-5-13-23(16-19)28(25,26)20-11-10-17-7-3-4-8-18(17)15-20/h3-4,7-8,10-11,15,19H,2,5-6,9,12-14,16H2,1H3,(H,22,24)/t19-/m1/s1. The summed E-state index contributed by atoms with van der Waals surface area (Å²) in [6, 6.07) is 12.9. The first-order valence-electron chi connectivity index (χ1n) is 9.87. The number of benzene rings is 2. The molecule has 152 valence electrons. The summed E-state index contributed by atoms with van der Waals surface area (Å²) in [6.07, 6.45) is 2.15. The van der Waals surface area contributed by atoms with Crippen molar-refractivity contribution in [2.75, 3.05) is 32.8 Å². The normalized spacial score (nSPS) is 18.2. The number of nitrogens with one attached hydrogen (secondary N) is 1. The van der Waals surface area contributed by atoms with Crippen LogP contribution in [0.4, 0.5) is 0 Å². The number of nitrogens with zero attached hydrogens (tertiary/aromatic N) is 1. The molecular formula is C21H28N2O4S. The van der Waals surface area contributed by atoms with Gasteiger partial charge in [0, 0.05) is 32.8 Å². The second kappa shape index (κ2) is 9.49. The molecule has 28 heavy (non-hydrogen) atoms. The molecule has 1 heterocycles. The molecule has 1 saturated heterocycles. The van der Waals surface area contributed by atoms with Crippen LogP contribution in [0.2, 0.25) is 0 Å². The molecule has 0 spiro atoms. The highest BCUT2D eigenvalue weighted by Crippen LogP contribution is 2.26. The van der Waals surface area contributed by atoms with Gasteiger partial charge in [-0.3, -0.25) is 4.79 Å². The number of rotatable bonds is 8.